The molecule has 0 aromatic carbocycles. The van der Waals surface area contributed by atoms with Crippen molar-refractivity contribution in [1.82, 2.24) is 29.5 Å². The van der Waals surface area contributed by atoms with Crippen LogP contribution in [0.25, 0.3) is 5.65 Å². The van der Waals surface area contributed by atoms with Crippen molar-refractivity contribution < 1.29 is 4.79 Å². The van der Waals surface area contributed by atoms with Crippen LogP contribution in [0.15, 0.2) is 36.5 Å². The third-order valence-corrected chi connectivity index (χ3v) is 7.16. The van der Waals surface area contributed by atoms with Crippen LogP contribution in [0.2, 0.25) is 10.3 Å². The molecule has 3 N–H and O–H groups in total. The molecule has 2 aliphatic rings. The Morgan fingerprint density at radius 1 is 1.20 bits per heavy atom. The number of carbonyl (C=O) groups excluding carboxylic acids is 1. The largest absolute Gasteiger partial charge is 0.326 e. The Morgan fingerprint density at radius 2 is 2.06 bits per heavy atom. The van der Waals surface area contributed by atoms with E-state index in [0.29, 0.717) is 42.3 Å². The third kappa shape index (κ3) is 4.06. The van der Waals surface area contributed by atoms with E-state index in [0.717, 1.165) is 17.8 Å². The fraction of sp³-hybridized carbons (Fsp3) is 0.348. The average molecular weight is 512 g/mol. The molecule has 4 aromatic heterocycles. The number of nitrogens with zero attached hydrogens (tertiary/aromatic N) is 6. The lowest BCUT2D eigenvalue weighted by Gasteiger charge is -2.34. The summed E-state index contributed by atoms with van der Waals surface area (Å²) in [5.41, 5.74) is 1.38. The van der Waals surface area contributed by atoms with Gasteiger partial charge in [0.25, 0.3) is 0 Å². The van der Waals surface area contributed by atoms with Gasteiger partial charge in [-0.05, 0) is 56.9 Å². The highest BCUT2D eigenvalue weighted by Crippen LogP contribution is 2.40. The number of carbonyl (C=O) groups is 1. The molecule has 1 saturated heterocycles. The predicted molar refractivity (Wildman–Crippen MR) is 135 cm³/mol. The number of hydrogen-bond acceptors (Lipinski definition) is 7. The Hall–Kier alpha value is -3.37. The molecule has 0 radical (unpaired) electrons. The van der Waals surface area contributed by atoms with E-state index in [-0.39, 0.29) is 16.2 Å². The number of aromatic amines is 1. The van der Waals surface area contributed by atoms with Gasteiger partial charge in [-0.3, -0.25) is 14.3 Å². The zero-order valence-corrected chi connectivity index (χ0v) is 20.4. The number of hydrogen-bond donors (Lipinski definition) is 3. The first-order valence-electron chi connectivity index (χ1n) is 11.5. The first kappa shape index (κ1) is 22.1. The minimum Gasteiger partial charge on any atom is -0.326 e. The van der Waals surface area contributed by atoms with Gasteiger partial charge in [0, 0.05) is 30.4 Å². The van der Waals surface area contributed by atoms with E-state index >= 15 is 0 Å². The molecule has 4 aromatic rings. The lowest BCUT2D eigenvalue weighted by atomic mass is 9.97. The van der Waals surface area contributed by atoms with Gasteiger partial charge in [-0.2, -0.15) is 15.1 Å². The second-order valence-electron chi connectivity index (χ2n) is 9.15. The molecule has 180 valence electrons. The van der Waals surface area contributed by atoms with Gasteiger partial charge in [0.15, 0.2) is 11.0 Å². The number of H-pyrrole nitrogens is 1. The van der Waals surface area contributed by atoms with Crippen molar-refractivity contribution in [2.75, 3.05) is 22.1 Å². The van der Waals surface area contributed by atoms with Gasteiger partial charge in [-0.15, -0.1) is 0 Å². The Morgan fingerprint density at radius 3 is 2.86 bits per heavy atom. The molecule has 10 nitrogen and oxygen atoms in total. The van der Waals surface area contributed by atoms with Crippen LogP contribution < -0.4 is 15.5 Å². The van der Waals surface area contributed by atoms with E-state index in [4.69, 9.17) is 33.2 Å². The van der Waals surface area contributed by atoms with Crippen molar-refractivity contribution >= 4 is 58.2 Å². The monoisotopic (exact) mass is 511 g/mol. The van der Waals surface area contributed by atoms with Gasteiger partial charge in [0.1, 0.15) is 16.3 Å². The molecule has 2 fully saturated rings. The summed E-state index contributed by atoms with van der Waals surface area (Å²) in [5, 5.41) is 14.1. The predicted octanol–water partition coefficient (Wildman–Crippen LogP) is 4.77. The molecule has 5 heterocycles. The second-order valence-corrected chi connectivity index (χ2v) is 9.89. The maximum atomic E-state index is 13.5. The van der Waals surface area contributed by atoms with Crippen LogP contribution in [0.3, 0.4) is 0 Å². The summed E-state index contributed by atoms with van der Waals surface area (Å²) in [6.07, 6.45) is 5.72. The molecule has 1 atom stereocenters. The summed E-state index contributed by atoms with van der Waals surface area (Å²) in [7, 11) is 0. The zero-order valence-electron chi connectivity index (χ0n) is 18.9. The number of nitrogens with one attached hydrogen (secondary N) is 3. The van der Waals surface area contributed by atoms with Crippen molar-refractivity contribution in [3.63, 3.8) is 0 Å². The van der Waals surface area contributed by atoms with Gasteiger partial charge < -0.3 is 15.5 Å². The summed E-state index contributed by atoms with van der Waals surface area (Å²) in [5.74, 6) is 2.09. The Kier molecular flexibility index (Phi) is 5.30. The van der Waals surface area contributed by atoms with E-state index in [1.54, 1.807) is 12.1 Å². The van der Waals surface area contributed by atoms with Gasteiger partial charge in [0.2, 0.25) is 17.8 Å². The SMILES string of the molecule is C[C@@]1(C(=O)Nc2ccc(Cl)nc2Cl)CCCN1c1nc(Nc2cc(C3CC3)[nH]n2)n2cccc2n1. The van der Waals surface area contributed by atoms with Crippen molar-refractivity contribution in [3.05, 3.63) is 52.5 Å². The summed E-state index contributed by atoms with van der Waals surface area (Å²) in [4.78, 5) is 29.0. The summed E-state index contributed by atoms with van der Waals surface area (Å²) < 4.78 is 1.86. The first-order valence-corrected chi connectivity index (χ1v) is 12.2. The Labute approximate surface area is 211 Å². The van der Waals surface area contributed by atoms with E-state index < -0.39 is 5.54 Å². The topological polar surface area (TPSA) is 116 Å². The molecule has 1 amide bonds. The Bertz CT molecular complexity index is 1430. The lowest BCUT2D eigenvalue weighted by molar-refractivity contribution is -0.120. The highest BCUT2D eigenvalue weighted by molar-refractivity contribution is 6.34. The molecular weight excluding hydrogens is 489 g/mol. The van der Waals surface area contributed by atoms with E-state index in [1.165, 1.54) is 12.8 Å². The number of aromatic nitrogens is 6. The van der Waals surface area contributed by atoms with Gasteiger partial charge in [-0.25, -0.2) is 4.98 Å². The van der Waals surface area contributed by atoms with E-state index in [2.05, 4.69) is 25.8 Å². The van der Waals surface area contributed by atoms with Crippen LogP contribution in [-0.4, -0.2) is 47.5 Å². The molecule has 1 saturated carbocycles. The quantitative estimate of drug-likeness (QED) is 0.319. The van der Waals surface area contributed by atoms with Gasteiger partial charge >= 0.3 is 0 Å². The second kappa shape index (κ2) is 8.39. The van der Waals surface area contributed by atoms with Crippen LogP contribution in [0.5, 0.6) is 0 Å². The van der Waals surface area contributed by atoms with Gasteiger partial charge in [0.05, 0.1) is 5.69 Å². The highest BCUT2D eigenvalue weighted by atomic mass is 35.5. The van der Waals surface area contributed by atoms with Crippen molar-refractivity contribution in [2.24, 2.45) is 0 Å². The van der Waals surface area contributed by atoms with E-state index in [1.807, 2.05) is 40.6 Å². The number of amides is 1. The maximum absolute atomic E-state index is 13.5. The number of halogens is 2. The molecule has 35 heavy (non-hydrogen) atoms. The number of anilines is 4. The number of fused-ring (bicyclic) bond motifs is 1. The van der Waals surface area contributed by atoms with Crippen LogP contribution >= 0.6 is 23.2 Å². The minimum absolute atomic E-state index is 0.140. The van der Waals surface area contributed by atoms with Crippen LogP contribution in [0.4, 0.5) is 23.4 Å². The van der Waals surface area contributed by atoms with Crippen LogP contribution in [0.1, 0.15) is 44.2 Å². The van der Waals surface area contributed by atoms with Crippen LogP contribution in [-0.2, 0) is 4.79 Å². The van der Waals surface area contributed by atoms with Crippen molar-refractivity contribution in [3.8, 4) is 0 Å². The van der Waals surface area contributed by atoms with Crippen molar-refractivity contribution in [2.45, 2.75) is 44.1 Å². The molecule has 0 spiro atoms. The molecule has 0 unspecified atom stereocenters. The molecule has 6 rings (SSSR count). The Balaban J connectivity index is 1.31. The highest BCUT2D eigenvalue weighted by Gasteiger charge is 2.45. The number of pyridine rings is 1. The standard InChI is InChI=1S/C23H23Cl2N9O/c1-23(20(35)26-14-7-8-16(24)27-19(14)25)9-3-11-34(23)22-29-18-4-2-10-33(18)21(30-22)28-17-12-15(31-32-17)13-5-6-13/h2,4,7-8,10,12-13H,3,5-6,9,11H2,1H3,(H,26,35)(H2,28,29,30,31,32)/t23-/m0/s1. The van der Waals surface area contributed by atoms with Crippen molar-refractivity contribution in [1.29, 1.82) is 0 Å². The van der Waals surface area contributed by atoms with E-state index in [9.17, 15) is 4.79 Å². The maximum Gasteiger partial charge on any atom is 0.250 e. The summed E-state index contributed by atoms with van der Waals surface area (Å²) in [6.45, 7) is 2.53. The minimum atomic E-state index is -0.878. The first-order chi connectivity index (χ1) is 16.9. The average Bonchev–Trinajstić information content (AvgIpc) is 3.19. The third-order valence-electron chi connectivity index (χ3n) is 6.67. The molecule has 12 heteroatoms. The molecular formula is C23H23Cl2N9O. The smallest absolute Gasteiger partial charge is 0.250 e. The molecule has 1 aliphatic heterocycles. The van der Waals surface area contributed by atoms with Crippen LogP contribution in [0, 0.1) is 0 Å². The fourth-order valence-electron chi connectivity index (χ4n) is 4.53. The molecule has 1 aliphatic carbocycles. The number of rotatable bonds is 6. The summed E-state index contributed by atoms with van der Waals surface area (Å²) in [6, 6.07) is 9.06. The zero-order chi connectivity index (χ0) is 24.2. The summed E-state index contributed by atoms with van der Waals surface area (Å²) >= 11 is 12.1. The lowest BCUT2D eigenvalue weighted by Crippen LogP contribution is -2.51. The fourth-order valence-corrected chi connectivity index (χ4v) is 4.92. The molecule has 0 bridgehead atoms. The normalized spacial score (nSPS) is 19.9. The van der Waals surface area contributed by atoms with Gasteiger partial charge in [-0.1, -0.05) is 23.2 Å².